The number of carbonyl (C=O) groups excluding carboxylic acids is 2. The average molecular weight is 535 g/mol. The molecule has 4 rings (SSSR count). The predicted molar refractivity (Wildman–Crippen MR) is 136 cm³/mol. The number of nitrogens with one attached hydrogen (secondary N) is 1. The van der Waals surface area contributed by atoms with Crippen LogP contribution in [0.3, 0.4) is 0 Å². The van der Waals surface area contributed by atoms with E-state index in [1.807, 2.05) is 25.1 Å². The Bertz CT molecular complexity index is 1230. The maximum absolute atomic E-state index is 13.8. The lowest BCUT2D eigenvalue weighted by atomic mass is 9.89. The second-order valence-corrected chi connectivity index (χ2v) is 10.5. The van der Waals surface area contributed by atoms with Crippen molar-refractivity contribution in [1.82, 2.24) is 14.5 Å². The van der Waals surface area contributed by atoms with Crippen molar-refractivity contribution >= 4 is 29.6 Å². The molecule has 0 saturated carbocycles. The van der Waals surface area contributed by atoms with Crippen LogP contribution in [0.15, 0.2) is 35.3 Å². The number of nitrogens with zero attached hydrogens (tertiary/aromatic N) is 3. The fraction of sp³-hybridized carbons (Fsp3) is 0.423. The number of amides is 2. The number of aryl methyl sites for hydroxylation is 2. The number of ether oxygens (including phenoxy) is 1. The first-order valence-electron chi connectivity index (χ1n) is 11.9. The Balaban J connectivity index is 1.26. The maximum atomic E-state index is 13.8. The molecule has 0 aromatic heterocycles. The van der Waals surface area contributed by atoms with Gasteiger partial charge in [-0.1, -0.05) is 18.0 Å². The molecule has 0 aliphatic carbocycles. The number of piperidine rings is 1. The van der Waals surface area contributed by atoms with Crippen LogP contribution in [-0.4, -0.2) is 71.9 Å². The van der Waals surface area contributed by atoms with E-state index >= 15 is 0 Å². The summed E-state index contributed by atoms with van der Waals surface area (Å²) in [5, 5.41) is 2.68. The normalized spacial score (nSPS) is 17.0. The zero-order valence-electron chi connectivity index (χ0n) is 20.9. The first kappa shape index (κ1) is 27.0. The summed E-state index contributed by atoms with van der Waals surface area (Å²) in [5.41, 5.74) is 2.06. The summed E-state index contributed by atoms with van der Waals surface area (Å²) in [7, 11) is 3.47. The van der Waals surface area contributed by atoms with Gasteiger partial charge in [0.15, 0.2) is 17.4 Å². The quantitative estimate of drug-likeness (QED) is 0.413. The molecule has 2 aromatic rings. The third-order valence-electron chi connectivity index (χ3n) is 6.58. The minimum atomic E-state index is -1.61. The molecule has 1 saturated heterocycles. The van der Waals surface area contributed by atoms with E-state index < -0.39 is 28.7 Å². The molecule has 2 aliphatic heterocycles. The molecule has 198 valence electrons. The summed E-state index contributed by atoms with van der Waals surface area (Å²) in [6.45, 7) is 3.09. The van der Waals surface area contributed by atoms with E-state index in [0.29, 0.717) is 31.5 Å². The predicted octanol–water partition coefficient (Wildman–Crippen LogP) is 3.75. The minimum absolute atomic E-state index is 0.0175. The lowest BCUT2D eigenvalue weighted by Crippen LogP contribution is -2.47. The topological polar surface area (TPSA) is 74.2 Å². The molecular weight excluding hydrogens is 505 g/mol. The van der Waals surface area contributed by atoms with E-state index in [1.165, 1.54) is 5.56 Å². The Hall–Kier alpha value is -3.05. The molecule has 0 bridgehead atoms. The van der Waals surface area contributed by atoms with Crippen molar-refractivity contribution in [3.63, 3.8) is 0 Å². The van der Waals surface area contributed by atoms with Crippen molar-refractivity contribution in [3.05, 3.63) is 64.5 Å². The number of benzene rings is 2. The van der Waals surface area contributed by atoms with Crippen molar-refractivity contribution in [1.29, 1.82) is 0 Å². The van der Waals surface area contributed by atoms with E-state index in [4.69, 9.17) is 4.74 Å². The molecule has 0 radical (unpaired) electrons. The van der Waals surface area contributed by atoms with Crippen LogP contribution in [0.1, 0.15) is 34.3 Å². The highest BCUT2D eigenvalue weighted by Gasteiger charge is 2.45. The molecule has 2 aliphatic rings. The highest BCUT2D eigenvalue weighted by Crippen LogP contribution is 2.33. The fourth-order valence-electron chi connectivity index (χ4n) is 4.39. The SMILES string of the molecule is Cc1cc(C(=O)N(C)C)ccc1CCSN1CCC2(CC1)N=C(COc1ccc(F)c(F)c1F)NC2=O. The van der Waals surface area contributed by atoms with Gasteiger partial charge in [-0.05, 0) is 61.6 Å². The van der Waals surface area contributed by atoms with Gasteiger partial charge >= 0.3 is 0 Å². The molecule has 0 atom stereocenters. The highest BCUT2D eigenvalue weighted by atomic mass is 32.2. The number of amidine groups is 1. The van der Waals surface area contributed by atoms with Gasteiger partial charge in [0.1, 0.15) is 18.0 Å². The van der Waals surface area contributed by atoms with Gasteiger partial charge in [0, 0.05) is 38.5 Å². The zero-order chi connectivity index (χ0) is 26.7. The summed E-state index contributed by atoms with van der Waals surface area (Å²) >= 11 is 1.72. The monoisotopic (exact) mass is 534 g/mol. The summed E-state index contributed by atoms with van der Waals surface area (Å²) in [5.74, 6) is -3.92. The molecule has 1 N–H and O–H groups in total. The molecule has 0 unspecified atom stereocenters. The number of aliphatic imine (C=N–C) groups is 1. The van der Waals surface area contributed by atoms with Gasteiger partial charge in [-0.2, -0.15) is 4.39 Å². The van der Waals surface area contributed by atoms with Crippen LogP contribution in [0.5, 0.6) is 5.75 Å². The van der Waals surface area contributed by atoms with Gasteiger partial charge in [0.25, 0.3) is 11.8 Å². The first-order valence-corrected chi connectivity index (χ1v) is 12.9. The molecule has 11 heteroatoms. The third kappa shape index (κ3) is 5.93. The Labute approximate surface area is 218 Å². The highest BCUT2D eigenvalue weighted by molar-refractivity contribution is 7.97. The van der Waals surface area contributed by atoms with Crippen molar-refractivity contribution in [2.45, 2.75) is 31.7 Å². The van der Waals surface area contributed by atoms with Gasteiger partial charge in [-0.25, -0.2) is 8.78 Å². The number of hydrogen-bond donors (Lipinski definition) is 1. The minimum Gasteiger partial charge on any atom is -0.483 e. The first-order chi connectivity index (χ1) is 17.6. The van der Waals surface area contributed by atoms with Crippen LogP contribution in [0.25, 0.3) is 0 Å². The molecule has 2 amide bonds. The van der Waals surface area contributed by atoms with Gasteiger partial charge in [-0.15, -0.1) is 0 Å². The van der Waals surface area contributed by atoms with E-state index in [2.05, 4.69) is 14.6 Å². The number of carbonyl (C=O) groups is 2. The smallest absolute Gasteiger partial charge is 0.253 e. The molecule has 37 heavy (non-hydrogen) atoms. The number of hydrogen-bond acceptors (Lipinski definition) is 6. The van der Waals surface area contributed by atoms with Crippen molar-refractivity contribution < 1.29 is 27.5 Å². The Morgan fingerprint density at radius 1 is 1.16 bits per heavy atom. The van der Waals surface area contributed by atoms with Crippen molar-refractivity contribution in [3.8, 4) is 5.75 Å². The summed E-state index contributed by atoms with van der Waals surface area (Å²) in [6.07, 6.45) is 1.90. The van der Waals surface area contributed by atoms with Crippen molar-refractivity contribution in [2.24, 2.45) is 4.99 Å². The van der Waals surface area contributed by atoms with Gasteiger partial charge < -0.3 is 15.0 Å². The molecule has 1 fully saturated rings. The van der Waals surface area contributed by atoms with Crippen LogP contribution >= 0.6 is 11.9 Å². The standard InChI is InChI=1S/C26H29F3N4O3S/c1-16-14-18(24(34)32(2)3)5-4-17(16)8-13-37-33-11-9-26(10-12-33)25(35)30-21(31-26)15-36-20-7-6-19(27)22(28)23(20)29/h4-7,14H,8-13,15H2,1-3H3,(H,30,31,35). The Morgan fingerprint density at radius 2 is 1.89 bits per heavy atom. The molecule has 2 aromatic carbocycles. The van der Waals surface area contributed by atoms with Crippen molar-refractivity contribution in [2.75, 3.05) is 39.5 Å². The summed E-state index contributed by atoms with van der Waals surface area (Å²) in [6, 6.07) is 7.56. The van der Waals surface area contributed by atoms with Gasteiger partial charge in [0.2, 0.25) is 5.82 Å². The van der Waals surface area contributed by atoms with E-state index in [0.717, 1.165) is 29.9 Å². The number of rotatable bonds is 8. The maximum Gasteiger partial charge on any atom is 0.253 e. The van der Waals surface area contributed by atoms with Crippen LogP contribution in [0.2, 0.25) is 0 Å². The van der Waals surface area contributed by atoms with E-state index in [9.17, 15) is 22.8 Å². The largest absolute Gasteiger partial charge is 0.483 e. The molecule has 2 heterocycles. The van der Waals surface area contributed by atoms with Crippen LogP contribution < -0.4 is 10.1 Å². The lowest BCUT2D eigenvalue weighted by Gasteiger charge is -2.34. The van der Waals surface area contributed by atoms with E-state index in [-0.39, 0.29) is 24.3 Å². The summed E-state index contributed by atoms with van der Waals surface area (Å²) in [4.78, 5) is 30.9. The average Bonchev–Trinajstić information content (AvgIpc) is 3.18. The molecular formula is C26H29F3N4O3S. The number of halogens is 3. The molecule has 7 nitrogen and oxygen atoms in total. The lowest BCUT2D eigenvalue weighted by molar-refractivity contribution is -0.124. The van der Waals surface area contributed by atoms with Crippen LogP contribution in [-0.2, 0) is 11.2 Å². The zero-order valence-corrected chi connectivity index (χ0v) is 21.8. The summed E-state index contributed by atoms with van der Waals surface area (Å²) < 4.78 is 47.8. The van der Waals surface area contributed by atoms with E-state index in [1.54, 1.807) is 30.9 Å². The Morgan fingerprint density at radius 3 is 2.57 bits per heavy atom. The second kappa shape index (κ2) is 11.1. The van der Waals surface area contributed by atoms with Crippen LogP contribution in [0.4, 0.5) is 13.2 Å². The van der Waals surface area contributed by atoms with Gasteiger partial charge in [0.05, 0.1) is 0 Å². The molecule has 1 spiro atoms. The Kier molecular flexibility index (Phi) is 8.13. The fourth-order valence-corrected chi connectivity index (χ4v) is 5.41. The second-order valence-electron chi connectivity index (χ2n) is 9.36. The third-order valence-corrected chi connectivity index (χ3v) is 7.70. The van der Waals surface area contributed by atoms with Gasteiger partial charge in [-0.3, -0.25) is 18.9 Å². The van der Waals surface area contributed by atoms with Crippen LogP contribution in [0, 0.1) is 24.4 Å².